The number of oxazole rings is 1. The number of carbonyl (C=O) groups excluding carboxylic acids is 2. The van der Waals surface area contributed by atoms with E-state index in [1.54, 1.807) is 25.1 Å². The molecule has 1 unspecified atom stereocenters. The topological polar surface area (TPSA) is 174 Å². The molecule has 2 aromatic carbocycles. The van der Waals surface area contributed by atoms with Gasteiger partial charge in [-0.3, -0.25) is 20.2 Å². The first-order valence-electron chi connectivity index (χ1n) is 12.1. The van der Waals surface area contributed by atoms with Crippen molar-refractivity contribution in [3.63, 3.8) is 0 Å². The Bertz CT molecular complexity index is 1780. The average molecular weight is 576 g/mol. The Kier molecular flexibility index (Phi) is 7.36. The van der Waals surface area contributed by atoms with Gasteiger partial charge in [-0.15, -0.1) is 0 Å². The highest BCUT2D eigenvalue weighted by atomic mass is 35.5. The number of pyridine rings is 1. The highest BCUT2D eigenvalue weighted by Gasteiger charge is 2.32. The summed E-state index contributed by atoms with van der Waals surface area (Å²) in [4.78, 5) is 49.4. The molecule has 0 saturated carbocycles. The predicted octanol–water partition coefficient (Wildman–Crippen LogP) is 4.90. The lowest BCUT2D eigenvalue weighted by molar-refractivity contribution is -0.383. The predicted molar refractivity (Wildman–Crippen MR) is 151 cm³/mol. The number of anilines is 2. The molecule has 1 aliphatic rings. The van der Waals surface area contributed by atoms with Crippen LogP contribution in [0.3, 0.4) is 0 Å². The number of carbonyl (C=O) groups is 2. The van der Waals surface area contributed by atoms with E-state index >= 15 is 0 Å². The zero-order valence-electron chi connectivity index (χ0n) is 21.9. The number of aryl methyl sites for hydroxylation is 1. The Hall–Kier alpha value is -5.30. The second kappa shape index (κ2) is 11.1. The molecule has 0 fully saturated rings. The molecule has 4 aromatic rings. The number of hydrogen-bond donors (Lipinski definition) is 3. The van der Waals surface area contributed by atoms with E-state index in [1.165, 1.54) is 37.6 Å². The number of hydrogen-bond acceptors (Lipinski definition) is 11. The fourth-order valence-electron chi connectivity index (χ4n) is 4.27. The third-order valence-corrected chi connectivity index (χ3v) is 6.50. The van der Waals surface area contributed by atoms with Crippen molar-refractivity contribution in [2.45, 2.75) is 19.9 Å². The van der Waals surface area contributed by atoms with Crippen LogP contribution in [0.2, 0.25) is 5.02 Å². The van der Waals surface area contributed by atoms with Gasteiger partial charge in [0, 0.05) is 28.5 Å². The van der Waals surface area contributed by atoms with Crippen molar-refractivity contribution in [3.8, 4) is 0 Å². The van der Waals surface area contributed by atoms with Gasteiger partial charge in [-0.1, -0.05) is 29.8 Å². The second-order valence-corrected chi connectivity index (χ2v) is 9.38. The van der Waals surface area contributed by atoms with E-state index in [1.807, 2.05) is 13.0 Å². The summed E-state index contributed by atoms with van der Waals surface area (Å²) in [5.41, 5.74) is 2.39. The first-order valence-corrected chi connectivity index (χ1v) is 12.5. The highest BCUT2D eigenvalue weighted by Crippen LogP contribution is 2.36. The molecule has 13 nitrogen and oxygen atoms in total. The number of nitro groups is 1. The number of nitro benzene ring substituents is 1. The molecule has 14 heteroatoms. The molecule has 0 radical (unpaired) electrons. The van der Waals surface area contributed by atoms with E-state index in [4.69, 9.17) is 20.8 Å². The van der Waals surface area contributed by atoms with Gasteiger partial charge < -0.3 is 19.8 Å². The molecule has 1 atom stereocenters. The first-order chi connectivity index (χ1) is 19.6. The van der Waals surface area contributed by atoms with Crippen LogP contribution in [0.4, 0.5) is 17.5 Å². The van der Waals surface area contributed by atoms with Crippen molar-refractivity contribution < 1.29 is 23.7 Å². The number of esters is 1. The summed E-state index contributed by atoms with van der Waals surface area (Å²) in [6.07, 6.45) is 1.38. The molecule has 3 heterocycles. The largest absolute Gasteiger partial charge is 0.465 e. The number of para-hydroxylation sites is 1. The summed E-state index contributed by atoms with van der Waals surface area (Å²) in [5.74, 6) is -0.813. The molecule has 0 spiro atoms. The molecule has 41 heavy (non-hydrogen) atoms. The summed E-state index contributed by atoms with van der Waals surface area (Å²) < 4.78 is 10.4. The zero-order chi connectivity index (χ0) is 29.3. The van der Waals surface area contributed by atoms with Crippen LogP contribution in [0.1, 0.15) is 34.5 Å². The molecular weight excluding hydrogens is 554 g/mol. The minimum atomic E-state index is -0.880. The maximum absolute atomic E-state index is 13.6. The van der Waals surface area contributed by atoms with Crippen molar-refractivity contribution in [1.82, 2.24) is 15.3 Å². The van der Waals surface area contributed by atoms with Gasteiger partial charge in [0.25, 0.3) is 5.91 Å². The van der Waals surface area contributed by atoms with Crippen LogP contribution >= 0.6 is 11.6 Å². The number of methoxy groups -OCH3 is 1. The lowest BCUT2D eigenvalue weighted by atomic mass is 9.95. The number of benzene rings is 2. The molecule has 1 aliphatic heterocycles. The Balaban J connectivity index is 1.50. The minimum absolute atomic E-state index is 0.00329. The van der Waals surface area contributed by atoms with E-state index in [0.717, 1.165) is 5.56 Å². The molecule has 3 N–H and O–H groups in total. The third-order valence-electron chi connectivity index (χ3n) is 6.18. The number of ether oxygens (including phenoxy) is 1. The average Bonchev–Trinajstić information content (AvgIpc) is 3.34. The van der Waals surface area contributed by atoms with Crippen molar-refractivity contribution in [3.05, 3.63) is 97.8 Å². The number of amides is 1. The molecule has 208 valence electrons. The maximum atomic E-state index is 13.6. The fraction of sp³-hybridized carbons (Fsp3) is 0.148. The minimum Gasteiger partial charge on any atom is -0.465 e. The van der Waals surface area contributed by atoms with E-state index < -0.39 is 22.8 Å². The van der Waals surface area contributed by atoms with Crippen molar-refractivity contribution >= 4 is 58.1 Å². The van der Waals surface area contributed by atoms with Gasteiger partial charge in [0.05, 0.1) is 23.2 Å². The standard InChI is InChI=1S/C27H22ClN7O6/c1-13-7-8-16(17(28)11-13)22-21(24(36)32-20-12-15(9-10-29-20)25(37)40-3)14(2)30-26(33-22)34-27-31-18-5-4-6-19(35(38)39)23(18)41-27/h4-12,22H,1-3H3,(H,29,32,36)(H2,30,31,33,34). The Morgan fingerprint density at radius 1 is 1.17 bits per heavy atom. The van der Waals surface area contributed by atoms with E-state index in [0.29, 0.717) is 16.3 Å². The molecule has 5 rings (SSSR count). The number of fused-ring (bicyclic) bond motifs is 1. The Morgan fingerprint density at radius 3 is 2.71 bits per heavy atom. The van der Waals surface area contributed by atoms with Gasteiger partial charge in [-0.05, 0) is 43.7 Å². The Labute approximate surface area is 237 Å². The first kappa shape index (κ1) is 27.3. The fourth-order valence-corrected chi connectivity index (χ4v) is 4.61. The monoisotopic (exact) mass is 575 g/mol. The van der Waals surface area contributed by atoms with Gasteiger partial charge in [0.15, 0.2) is 0 Å². The normalized spacial score (nSPS) is 14.7. The van der Waals surface area contributed by atoms with Crippen molar-refractivity contribution in [1.29, 1.82) is 0 Å². The summed E-state index contributed by atoms with van der Waals surface area (Å²) in [5, 5.41) is 20.4. The van der Waals surface area contributed by atoms with E-state index in [2.05, 4.69) is 30.9 Å². The number of nitrogens with one attached hydrogen (secondary N) is 3. The SMILES string of the molecule is COC(=O)c1ccnc(NC(=O)C2=C(C)NC(Nc3nc4cccc([N+](=O)[O-])c4o3)=NC2c2ccc(C)cc2Cl)c1. The second-order valence-electron chi connectivity index (χ2n) is 8.97. The number of allylic oxidation sites excluding steroid dienone is 1. The van der Waals surface area contributed by atoms with Gasteiger partial charge in [-0.2, -0.15) is 4.98 Å². The molecule has 1 amide bonds. The Morgan fingerprint density at radius 2 is 1.98 bits per heavy atom. The van der Waals surface area contributed by atoms with Crippen LogP contribution in [0.15, 0.2) is 75.4 Å². The van der Waals surface area contributed by atoms with Crippen LogP contribution in [0, 0.1) is 17.0 Å². The molecule has 2 aromatic heterocycles. The van der Waals surface area contributed by atoms with Crippen molar-refractivity contribution in [2.24, 2.45) is 4.99 Å². The smallest absolute Gasteiger partial charge is 0.338 e. The molecule has 0 bridgehead atoms. The number of aliphatic imine (C=N–C) groups is 1. The van der Waals surface area contributed by atoms with Gasteiger partial charge in [0.1, 0.15) is 17.4 Å². The number of non-ortho nitro benzene ring substituents is 1. The summed E-state index contributed by atoms with van der Waals surface area (Å²) in [6.45, 7) is 3.56. The van der Waals surface area contributed by atoms with Crippen LogP contribution < -0.4 is 16.0 Å². The zero-order valence-corrected chi connectivity index (χ0v) is 22.6. The van der Waals surface area contributed by atoms with Crippen LogP contribution in [-0.4, -0.2) is 39.8 Å². The van der Waals surface area contributed by atoms with Gasteiger partial charge in [-0.25, -0.2) is 14.8 Å². The molecule has 0 saturated heterocycles. The number of halogens is 1. The maximum Gasteiger partial charge on any atom is 0.338 e. The number of nitrogens with zero attached hydrogens (tertiary/aromatic N) is 4. The molecular formula is C27H22ClN7O6. The number of guanidine groups is 1. The molecule has 0 aliphatic carbocycles. The third kappa shape index (κ3) is 5.56. The lowest BCUT2D eigenvalue weighted by Gasteiger charge is -2.27. The summed E-state index contributed by atoms with van der Waals surface area (Å²) >= 11 is 6.60. The van der Waals surface area contributed by atoms with E-state index in [-0.39, 0.29) is 45.7 Å². The van der Waals surface area contributed by atoms with Crippen LogP contribution in [0.5, 0.6) is 0 Å². The number of rotatable bonds is 6. The van der Waals surface area contributed by atoms with Gasteiger partial charge >= 0.3 is 17.7 Å². The number of aromatic nitrogens is 2. The van der Waals surface area contributed by atoms with Crippen LogP contribution in [0.25, 0.3) is 11.1 Å². The van der Waals surface area contributed by atoms with Crippen molar-refractivity contribution in [2.75, 3.05) is 17.7 Å². The lowest BCUT2D eigenvalue weighted by Crippen LogP contribution is -2.37. The highest BCUT2D eigenvalue weighted by molar-refractivity contribution is 6.31. The van der Waals surface area contributed by atoms with E-state index in [9.17, 15) is 19.7 Å². The van der Waals surface area contributed by atoms with Gasteiger partial charge in [0.2, 0.25) is 11.5 Å². The summed E-state index contributed by atoms with van der Waals surface area (Å²) in [6, 6.07) is 11.7. The van der Waals surface area contributed by atoms with Crippen LogP contribution in [-0.2, 0) is 9.53 Å². The summed E-state index contributed by atoms with van der Waals surface area (Å²) in [7, 11) is 1.25. The quantitative estimate of drug-likeness (QED) is 0.163.